The van der Waals surface area contributed by atoms with E-state index in [0.29, 0.717) is 16.3 Å². The Morgan fingerprint density at radius 1 is 1.40 bits per heavy atom. The topological polar surface area (TPSA) is 26.3 Å². The van der Waals surface area contributed by atoms with Crippen LogP contribution in [0, 0.1) is 0 Å². The maximum Gasteiger partial charge on any atom is 0.347 e. The number of hydrogen-bond acceptors (Lipinski definition) is 2. The van der Waals surface area contributed by atoms with Crippen molar-refractivity contribution >= 4 is 17.6 Å². The molecule has 0 fully saturated rings. The SMILES string of the molecule is O=C1Oc2cc(Cl)ccc21. The predicted molar refractivity (Wildman–Crippen MR) is 36.4 cm³/mol. The van der Waals surface area contributed by atoms with E-state index in [-0.39, 0.29) is 5.97 Å². The largest absolute Gasteiger partial charge is 0.422 e. The molecular weight excluding hydrogens is 152 g/mol. The molecule has 0 bridgehead atoms. The minimum atomic E-state index is -0.272. The number of halogens is 1. The summed E-state index contributed by atoms with van der Waals surface area (Å²) >= 11 is 5.61. The zero-order valence-electron chi connectivity index (χ0n) is 4.93. The molecule has 1 aliphatic heterocycles. The predicted octanol–water partition coefficient (Wildman–Crippen LogP) is 1.87. The molecule has 1 aromatic carbocycles. The average molecular weight is 155 g/mol. The van der Waals surface area contributed by atoms with E-state index in [1.54, 1.807) is 18.2 Å². The van der Waals surface area contributed by atoms with E-state index in [2.05, 4.69) is 4.74 Å². The van der Waals surface area contributed by atoms with Crippen LogP contribution in [0.15, 0.2) is 18.2 Å². The Bertz CT molecular complexity index is 306. The zero-order chi connectivity index (χ0) is 7.14. The molecule has 0 unspecified atom stereocenters. The zero-order valence-corrected chi connectivity index (χ0v) is 5.68. The minimum absolute atomic E-state index is 0.272. The first-order valence-corrected chi connectivity index (χ1v) is 3.17. The van der Waals surface area contributed by atoms with Gasteiger partial charge in [0.25, 0.3) is 0 Å². The van der Waals surface area contributed by atoms with Crippen molar-refractivity contribution in [2.24, 2.45) is 0 Å². The summed E-state index contributed by atoms with van der Waals surface area (Å²) in [5.41, 5.74) is 0.615. The molecule has 3 heteroatoms. The second-order valence-electron chi connectivity index (χ2n) is 2.03. The molecule has 0 N–H and O–H groups in total. The number of benzene rings is 1. The van der Waals surface area contributed by atoms with Crippen LogP contribution in [0.4, 0.5) is 0 Å². The van der Waals surface area contributed by atoms with E-state index < -0.39 is 0 Å². The summed E-state index contributed by atoms with van der Waals surface area (Å²) in [6.07, 6.45) is 0. The maximum atomic E-state index is 10.6. The summed E-state index contributed by atoms with van der Waals surface area (Å²) in [5.74, 6) is 0.309. The Morgan fingerprint density at radius 2 is 2.20 bits per heavy atom. The quantitative estimate of drug-likeness (QED) is 0.534. The monoisotopic (exact) mass is 154 g/mol. The van der Waals surface area contributed by atoms with Crippen LogP contribution < -0.4 is 4.74 Å². The molecule has 1 heterocycles. The van der Waals surface area contributed by atoms with Gasteiger partial charge in [-0.25, -0.2) is 4.79 Å². The number of fused-ring (bicyclic) bond motifs is 1. The highest BCUT2D eigenvalue weighted by Crippen LogP contribution is 2.31. The van der Waals surface area contributed by atoms with Gasteiger partial charge in [-0.05, 0) is 12.1 Å². The van der Waals surface area contributed by atoms with Gasteiger partial charge in [0.2, 0.25) is 0 Å². The molecule has 0 atom stereocenters. The van der Waals surface area contributed by atoms with Gasteiger partial charge >= 0.3 is 5.97 Å². The molecule has 0 aliphatic carbocycles. The average Bonchev–Trinajstić information content (AvgIpc) is 1.86. The molecule has 0 saturated heterocycles. The van der Waals surface area contributed by atoms with Crippen molar-refractivity contribution in [3.8, 4) is 5.75 Å². The van der Waals surface area contributed by atoms with Crippen LogP contribution in [0.25, 0.3) is 0 Å². The van der Waals surface area contributed by atoms with Gasteiger partial charge < -0.3 is 4.74 Å². The molecule has 0 amide bonds. The summed E-state index contributed by atoms with van der Waals surface area (Å²) < 4.78 is 4.64. The van der Waals surface area contributed by atoms with Gasteiger partial charge in [0, 0.05) is 11.1 Å². The lowest BCUT2D eigenvalue weighted by molar-refractivity contribution is 0.0659. The summed E-state index contributed by atoms with van der Waals surface area (Å²) in [7, 11) is 0. The lowest BCUT2D eigenvalue weighted by Gasteiger charge is -2.16. The Hall–Kier alpha value is -1.02. The molecule has 0 spiro atoms. The first kappa shape index (κ1) is 5.74. The lowest BCUT2D eigenvalue weighted by atomic mass is 10.1. The van der Waals surface area contributed by atoms with Gasteiger partial charge in [0.05, 0.1) is 0 Å². The van der Waals surface area contributed by atoms with Crippen molar-refractivity contribution in [1.29, 1.82) is 0 Å². The van der Waals surface area contributed by atoms with Crippen LogP contribution in [0.5, 0.6) is 5.75 Å². The smallest absolute Gasteiger partial charge is 0.347 e. The van der Waals surface area contributed by atoms with E-state index in [0.717, 1.165) is 0 Å². The van der Waals surface area contributed by atoms with E-state index in [1.165, 1.54) is 0 Å². The molecule has 2 rings (SSSR count). The third-order valence-corrected chi connectivity index (χ3v) is 1.60. The van der Waals surface area contributed by atoms with Gasteiger partial charge in [-0.1, -0.05) is 11.6 Å². The van der Waals surface area contributed by atoms with Crippen LogP contribution in [0.2, 0.25) is 5.02 Å². The Labute approximate surface area is 62.4 Å². The summed E-state index contributed by atoms with van der Waals surface area (Å²) in [4.78, 5) is 10.6. The molecule has 0 saturated carbocycles. The van der Waals surface area contributed by atoms with Crippen LogP contribution >= 0.6 is 11.6 Å². The molecule has 0 aromatic heterocycles. The van der Waals surface area contributed by atoms with E-state index >= 15 is 0 Å². The van der Waals surface area contributed by atoms with Crippen molar-refractivity contribution in [3.05, 3.63) is 28.8 Å². The van der Waals surface area contributed by atoms with Gasteiger partial charge in [0.15, 0.2) is 0 Å². The fourth-order valence-electron chi connectivity index (χ4n) is 0.858. The third-order valence-electron chi connectivity index (χ3n) is 1.37. The molecule has 0 radical (unpaired) electrons. The fourth-order valence-corrected chi connectivity index (χ4v) is 1.02. The molecule has 2 nitrogen and oxygen atoms in total. The van der Waals surface area contributed by atoms with Gasteiger partial charge in [-0.2, -0.15) is 0 Å². The second-order valence-corrected chi connectivity index (χ2v) is 2.47. The normalized spacial score (nSPS) is 13.5. The number of carbonyl (C=O) groups is 1. The third kappa shape index (κ3) is 0.625. The second kappa shape index (κ2) is 1.73. The van der Waals surface area contributed by atoms with Crippen LogP contribution in [-0.2, 0) is 0 Å². The Kier molecular flexibility index (Phi) is 0.995. The number of esters is 1. The van der Waals surface area contributed by atoms with E-state index in [9.17, 15) is 4.79 Å². The summed E-state index contributed by atoms with van der Waals surface area (Å²) in [5, 5.41) is 0.589. The van der Waals surface area contributed by atoms with Gasteiger partial charge in [-0.15, -0.1) is 0 Å². The molecule has 1 aliphatic rings. The van der Waals surface area contributed by atoms with Gasteiger partial charge in [-0.3, -0.25) is 0 Å². The van der Waals surface area contributed by atoms with Crippen molar-refractivity contribution in [3.63, 3.8) is 0 Å². The number of rotatable bonds is 0. The Morgan fingerprint density at radius 3 is 2.80 bits per heavy atom. The summed E-state index contributed by atoms with van der Waals surface area (Å²) in [6, 6.07) is 4.95. The standard InChI is InChI=1S/C7H3ClO2/c8-4-1-2-5-6(3-4)10-7(5)9/h1-3H. The van der Waals surface area contributed by atoms with E-state index in [1.807, 2.05) is 0 Å². The molecule has 1 aromatic rings. The van der Waals surface area contributed by atoms with Crippen molar-refractivity contribution in [2.45, 2.75) is 0 Å². The number of hydrogen-bond donors (Lipinski definition) is 0. The van der Waals surface area contributed by atoms with Crippen LogP contribution in [0.1, 0.15) is 10.4 Å². The fraction of sp³-hybridized carbons (Fsp3) is 0. The minimum Gasteiger partial charge on any atom is -0.422 e. The molecule has 50 valence electrons. The first-order chi connectivity index (χ1) is 4.77. The van der Waals surface area contributed by atoms with E-state index in [4.69, 9.17) is 11.6 Å². The maximum absolute atomic E-state index is 10.6. The highest BCUT2D eigenvalue weighted by atomic mass is 35.5. The van der Waals surface area contributed by atoms with Crippen molar-refractivity contribution in [2.75, 3.05) is 0 Å². The molecular formula is C7H3ClO2. The van der Waals surface area contributed by atoms with Crippen molar-refractivity contribution < 1.29 is 9.53 Å². The molecule has 10 heavy (non-hydrogen) atoms. The summed E-state index contributed by atoms with van der Waals surface area (Å²) in [6.45, 7) is 0. The van der Waals surface area contributed by atoms with Crippen LogP contribution in [-0.4, -0.2) is 5.97 Å². The van der Waals surface area contributed by atoms with Crippen LogP contribution in [0.3, 0.4) is 0 Å². The first-order valence-electron chi connectivity index (χ1n) is 2.79. The van der Waals surface area contributed by atoms with Crippen molar-refractivity contribution in [1.82, 2.24) is 0 Å². The Balaban J connectivity index is 2.59. The lowest BCUT2D eigenvalue weighted by Crippen LogP contribution is -2.20. The highest BCUT2D eigenvalue weighted by molar-refractivity contribution is 6.31. The number of ether oxygens (including phenoxy) is 1. The van der Waals surface area contributed by atoms with Gasteiger partial charge in [0.1, 0.15) is 11.3 Å². The highest BCUT2D eigenvalue weighted by Gasteiger charge is 2.25. The number of carbonyl (C=O) groups excluding carboxylic acids is 1.